The Kier molecular flexibility index (Phi) is 3.57. The van der Waals surface area contributed by atoms with E-state index >= 15 is 0 Å². The Balaban J connectivity index is 1.91. The summed E-state index contributed by atoms with van der Waals surface area (Å²) in [5.74, 6) is 1.86. The van der Waals surface area contributed by atoms with Crippen molar-refractivity contribution in [3.8, 4) is 11.5 Å². The number of nitrogens with one attached hydrogen (secondary N) is 1. The van der Waals surface area contributed by atoms with E-state index in [0.717, 1.165) is 18.0 Å². The summed E-state index contributed by atoms with van der Waals surface area (Å²) in [5, 5.41) is 22.4. The topological polar surface area (TPSA) is 52.5 Å². The third-order valence-electron chi connectivity index (χ3n) is 3.65. The molecule has 0 aromatic heterocycles. The van der Waals surface area contributed by atoms with Crippen molar-refractivity contribution in [3.05, 3.63) is 23.8 Å². The average molecular weight is 235 g/mol. The summed E-state index contributed by atoms with van der Waals surface area (Å²) in [7, 11) is 0. The fraction of sp³-hybridized carbons (Fsp3) is 0.571. The van der Waals surface area contributed by atoms with Gasteiger partial charge in [0.05, 0.1) is 0 Å². The van der Waals surface area contributed by atoms with Crippen LogP contribution in [0.2, 0.25) is 0 Å². The zero-order valence-electron chi connectivity index (χ0n) is 10.5. The van der Waals surface area contributed by atoms with E-state index in [1.807, 2.05) is 6.92 Å². The minimum atomic E-state index is 0.102. The Morgan fingerprint density at radius 3 is 2.59 bits per heavy atom. The molecule has 1 aromatic rings. The van der Waals surface area contributed by atoms with Crippen LogP contribution in [0.15, 0.2) is 18.2 Å². The summed E-state index contributed by atoms with van der Waals surface area (Å²) in [4.78, 5) is 0. The number of aromatic hydroxyl groups is 2. The zero-order valence-corrected chi connectivity index (χ0v) is 10.5. The fourth-order valence-corrected chi connectivity index (χ4v) is 2.20. The number of benzene rings is 1. The van der Waals surface area contributed by atoms with Gasteiger partial charge in [-0.25, -0.2) is 0 Å². The van der Waals surface area contributed by atoms with Crippen molar-refractivity contribution in [2.45, 2.75) is 32.7 Å². The van der Waals surface area contributed by atoms with E-state index in [1.165, 1.54) is 18.9 Å². The number of hydrogen-bond acceptors (Lipinski definition) is 3. The van der Waals surface area contributed by atoms with Crippen molar-refractivity contribution >= 4 is 0 Å². The van der Waals surface area contributed by atoms with Crippen LogP contribution < -0.4 is 5.32 Å². The molecule has 1 aliphatic carbocycles. The summed E-state index contributed by atoms with van der Waals surface area (Å²) in [6, 6.07) is 4.87. The molecule has 0 aliphatic heterocycles. The number of rotatable bonds is 5. The highest BCUT2D eigenvalue weighted by Gasteiger charge is 2.27. The summed E-state index contributed by atoms with van der Waals surface area (Å²) < 4.78 is 0. The molecule has 0 bridgehead atoms. The predicted octanol–water partition coefficient (Wildman–Crippen LogP) is 2.79. The van der Waals surface area contributed by atoms with Crippen molar-refractivity contribution in [2.24, 2.45) is 11.8 Å². The third kappa shape index (κ3) is 3.13. The van der Waals surface area contributed by atoms with Gasteiger partial charge < -0.3 is 15.5 Å². The molecule has 1 aliphatic rings. The Morgan fingerprint density at radius 2 is 2.00 bits per heavy atom. The Labute approximate surface area is 102 Å². The van der Waals surface area contributed by atoms with Gasteiger partial charge in [-0.05, 0) is 44.2 Å². The first-order valence-electron chi connectivity index (χ1n) is 6.33. The largest absolute Gasteiger partial charge is 0.508 e. The molecule has 1 aromatic carbocycles. The van der Waals surface area contributed by atoms with Crippen LogP contribution in [0.5, 0.6) is 11.5 Å². The second-order valence-corrected chi connectivity index (χ2v) is 5.19. The molecule has 3 nitrogen and oxygen atoms in total. The molecule has 1 saturated carbocycles. The molecule has 2 unspecified atom stereocenters. The van der Waals surface area contributed by atoms with Gasteiger partial charge in [0.1, 0.15) is 11.5 Å². The lowest BCUT2D eigenvalue weighted by Crippen LogP contribution is -2.25. The van der Waals surface area contributed by atoms with Gasteiger partial charge >= 0.3 is 0 Å². The minimum absolute atomic E-state index is 0.102. The summed E-state index contributed by atoms with van der Waals surface area (Å²) in [6.45, 7) is 5.28. The first kappa shape index (κ1) is 12.2. The van der Waals surface area contributed by atoms with Crippen molar-refractivity contribution in [1.82, 2.24) is 5.32 Å². The van der Waals surface area contributed by atoms with Crippen LogP contribution in [0, 0.1) is 11.8 Å². The van der Waals surface area contributed by atoms with Gasteiger partial charge in [-0.1, -0.05) is 13.0 Å². The van der Waals surface area contributed by atoms with E-state index in [0.29, 0.717) is 5.92 Å². The zero-order chi connectivity index (χ0) is 12.4. The van der Waals surface area contributed by atoms with E-state index < -0.39 is 0 Å². The molecule has 0 amide bonds. The predicted molar refractivity (Wildman–Crippen MR) is 68.1 cm³/mol. The molecule has 1 fully saturated rings. The maximum absolute atomic E-state index is 9.75. The van der Waals surface area contributed by atoms with Gasteiger partial charge in [-0.15, -0.1) is 0 Å². The van der Waals surface area contributed by atoms with Crippen LogP contribution in [0.1, 0.15) is 38.3 Å². The highest BCUT2D eigenvalue weighted by Crippen LogP contribution is 2.36. The molecule has 0 saturated heterocycles. The second kappa shape index (κ2) is 4.96. The molecule has 17 heavy (non-hydrogen) atoms. The second-order valence-electron chi connectivity index (χ2n) is 5.19. The normalized spacial score (nSPS) is 18.9. The maximum Gasteiger partial charge on any atom is 0.124 e. The summed E-state index contributed by atoms with van der Waals surface area (Å²) >= 11 is 0. The Morgan fingerprint density at radius 1 is 1.29 bits per heavy atom. The van der Waals surface area contributed by atoms with Crippen molar-refractivity contribution in [2.75, 3.05) is 6.54 Å². The number of phenolic OH excluding ortho intramolecular Hbond substituents is 2. The lowest BCUT2D eigenvalue weighted by atomic mass is 10.0. The molecule has 0 heterocycles. The van der Waals surface area contributed by atoms with Gasteiger partial charge in [-0.2, -0.15) is 0 Å². The molecule has 0 spiro atoms. The van der Waals surface area contributed by atoms with Crippen molar-refractivity contribution in [3.63, 3.8) is 0 Å². The van der Waals surface area contributed by atoms with Gasteiger partial charge in [0, 0.05) is 17.7 Å². The highest BCUT2D eigenvalue weighted by molar-refractivity contribution is 5.40. The average Bonchev–Trinajstić information content (AvgIpc) is 3.09. The van der Waals surface area contributed by atoms with E-state index in [4.69, 9.17) is 0 Å². The third-order valence-corrected chi connectivity index (χ3v) is 3.65. The molecule has 3 N–H and O–H groups in total. The molecule has 2 rings (SSSR count). The quantitative estimate of drug-likeness (QED) is 0.735. The molecular formula is C14H21NO2. The van der Waals surface area contributed by atoms with Crippen LogP contribution in [0.3, 0.4) is 0 Å². The summed E-state index contributed by atoms with van der Waals surface area (Å²) in [6.07, 6.45) is 2.73. The van der Waals surface area contributed by atoms with Crippen LogP contribution >= 0.6 is 0 Å². The molecule has 2 atom stereocenters. The summed E-state index contributed by atoms with van der Waals surface area (Å²) in [5.41, 5.74) is 0.839. The van der Waals surface area contributed by atoms with Crippen LogP contribution in [-0.2, 0) is 0 Å². The van der Waals surface area contributed by atoms with Crippen LogP contribution in [0.25, 0.3) is 0 Å². The van der Waals surface area contributed by atoms with Crippen LogP contribution in [-0.4, -0.2) is 16.8 Å². The maximum atomic E-state index is 9.75. The van der Waals surface area contributed by atoms with E-state index in [-0.39, 0.29) is 17.5 Å². The van der Waals surface area contributed by atoms with E-state index in [9.17, 15) is 10.2 Å². The van der Waals surface area contributed by atoms with Crippen molar-refractivity contribution in [1.29, 1.82) is 0 Å². The standard InChI is InChI=1S/C14H21NO2/c1-9(11-3-4-11)8-15-10(2)13-6-5-12(16)7-14(13)17/h5-7,9-11,15-17H,3-4,8H2,1-2H3. The molecule has 94 valence electrons. The molecular weight excluding hydrogens is 214 g/mol. The Hall–Kier alpha value is -1.22. The van der Waals surface area contributed by atoms with Gasteiger partial charge in [0.2, 0.25) is 0 Å². The first-order valence-corrected chi connectivity index (χ1v) is 6.33. The van der Waals surface area contributed by atoms with E-state index in [2.05, 4.69) is 12.2 Å². The van der Waals surface area contributed by atoms with Gasteiger partial charge in [-0.3, -0.25) is 0 Å². The number of phenols is 2. The number of hydrogen-bond donors (Lipinski definition) is 3. The monoisotopic (exact) mass is 235 g/mol. The molecule has 0 radical (unpaired) electrons. The SMILES string of the molecule is CC(NCC(C)C1CC1)c1ccc(O)cc1O. The molecule has 3 heteroatoms. The lowest BCUT2D eigenvalue weighted by molar-refractivity contribution is 0.411. The first-order chi connectivity index (χ1) is 8.08. The lowest BCUT2D eigenvalue weighted by Gasteiger charge is -2.18. The highest BCUT2D eigenvalue weighted by atomic mass is 16.3. The van der Waals surface area contributed by atoms with Gasteiger partial charge in [0.15, 0.2) is 0 Å². The smallest absolute Gasteiger partial charge is 0.124 e. The van der Waals surface area contributed by atoms with Crippen LogP contribution in [0.4, 0.5) is 0 Å². The fourth-order valence-electron chi connectivity index (χ4n) is 2.20. The minimum Gasteiger partial charge on any atom is -0.508 e. The Bertz CT molecular complexity index is 388. The van der Waals surface area contributed by atoms with E-state index in [1.54, 1.807) is 12.1 Å². The van der Waals surface area contributed by atoms with Gasteiger partial charge in [0.25, 0.3) is 0 Å². The van der Waals surface area contributed by atoms with Crippen molar-refractivity contribution < 1.29 is 10.2 Å².